The van der Waals surface area contributed by atoms with Gasteiger partial charge in [0.2, 0.25) is 5.91 Å². The normalized spacial score (nSPS) is 23.5. The number of benzene rings is 2. The number of fused-ring (bicyclic) bond motifs is 1. The van der Waals surface area contributed by atoms with Gasteiger partial charge in [0.25, 0.3) is 5.91 Å². The van der Waals surface area contributed by atoms with Crippen LogP contribution < -0.4 is 11.1 Å². The first-order valence-corrected chi connectivity index (χ1v) is 12.6. The second-order valence-corrected chi connectivity index (χ2v) is 11.1. The van der Waals surface area contributed by atoms with Crippen molar-refractivity contribution in [2.45, 2.75) is 68.5 Å². The van der Waals surface area contributed by atoms with Crippen LogP contribution in [-0.2, 0) is 22.4 Å². The molecule has 0 radical (unpaired) electrons. The molecule has 4 N–H and O–H groups in total. The predicted molar refractivity (Wildman–Crippen MR) is 132 cm³/mol. The molecule has 2 aromatic carbocycles. The average molecular weight is 468 g/mol. The van der Waals surface area contributed by atoms with Gasteiger partial charge in [-0.05, 0) is 56.2 Å². The molecule has 176 valence electrons. The first-order chi connectivity index (χ1) is 15.8. The van der Waals surface area contributed by atoms with Crippen molar-refractivity contribution in [3.05, 3.63) is 71.3 Å². The first-order valence-electron chi connectivity index (χ1n) is 11.6. The molecule has 2 aromatic rings. The van der Waals surface area contributed by atoms with Crippen LogP contribution in [0.2, 0.25) is 0 Å². The molecular formula is C26H33N3O3S. The molecule has 2 amide bonds. The number of aliphatic hydroxyl groups excluding tert-OH is 1. The molecule has 0 bridgehead atoms. The van der Waals surface area contributed by atoms with Gasteiger partial charge >= 0.3 is 0 Å². The van der Waals surface area contributed by atoms with E-state index < -0.39 is 28.8 Å². The molecular weight excluding hydrogens is 434 g/mol. The van der Waals surface area contributed by atoms with Gasteiger partial charge in [-0.2, -0.15) is 0 Å². The Morgan fingerprint density at radius 3 is 2.64 bits per heavy atom. The van der Waals surface area contributed by atoms with Crippen molar-refractivity contribution in [1.29, 1.82) is 0 Å². The van der Waals surface area contributed by atoms with Crippen LogP contribution in [0.5, 0.6) is 0 Å². The van der Waals surface area contributed by atoms with Crippen molar-refractivity contribution in [1.82, 2.24) is 10.2 Å². The molecule has 4 unspecified atom stereocenters. The Kier molecular flexibility index (Phi) is 7.12. The molecule has 4 atom stereocenters. The summed E-state index contributed by atoms with van der Waals surface area (Å²) in [7, 11) is 0. The molecule has 0 aromatic heterocycles. The molecule has 2 aliphatic rings. The highest BCUT2D eigenvalue weighted by Gasteiger charge is 2.49. The number of aliphatic hydroxyl groups is 1. The van der Waals surface area contributed by atoms with Crippen LogP contribution in [0.1, 0.15) is 49.4 Å². The Morgan fingerprint density at radius 1 is 1.18 bits per heavy atom. The number of nitrogens with two attached hydrogens (primary N) is 1. The van der Waals surface area contributed by atoms with Crippen LogP contribution >= 0.6 is 11.8 Å². The van der Waals surface area contributed by atoms with Gasteiger partial charge in [-0.25, -0.2) is 0 Å². The van der Waals surface area contributed by atoms with Gasteiger partial charge in [0, 0.05) is 10.8 Å². The van der Waals surface area contributed by atoms with Crippen molar-refractivity contribution in [3.8, 4) is 0 Å². The van der Waals surface area contributed by atoms with Crippen molar-refractivity contribution in [2.75, 3.05) is 5.88 Å². The summed E-state index contributed by atoms with van der Waals surface area (Å²) in [4.78, 5) is 28.3. The maximum Gasteiger partial charge on any atom is 0.254 e. The van der Waals surface area contributed by atoms with Gasteiger partial charge in [-0.3, -0.25) is 9.59 Å². The topological polar surface area (TPSA) is 95.7 Å². The Balaban J connectivity index is 1.48. The molecule has 0 saturated carbocycles. The fraction of sp³-hybridized carbons (Fsp3) is 0.462. The molecule has 7 heteroatoms. The summed E-state index contributed by atoms with van der Waals surface area (Å²) in [6.45, 7) is 3.95. The summed E-state index contributed by atoms with van der Waals surface area (Å²) in [6.07, 6.45) is 1.92. The highest BCUT2D eigenvalue weighted by Crippen LogP contribution is 2.40. The Bertz CT molecular complexity index is 997. The zero-order valence-corrected chi connectivity index (χ0v) is 20.1. The largest absolute Gasteiger partial charge is 0.382 e. The lowest BCUT2D eigenvalue weighted by molar-refractivity contribution is -0.147. The van der Waals surface area contributed by atoms with Crippen molar-refractivity contribution in [3.63, 3.8) is 0 Å². The van der Waals surface area contributed by atoms with E-state index in [0.717, 1.165) is 30.4 Å². The lowest BCUT2D eigenvalue weighted by Crippen LogP contribution is -2.58. The molecule has 1 saturated heterocycles. The number of amides is 2. The second-order valence-electron chi connectivity index (χ2n) is 9.54. The van der Waals surface area contributed by atoms with Crippen LogP contribution in [0.25, 0.3) is 0 Å². The Hall–Kier alpha value is -2.35. The van der Waals surface area contributed by atoms with Crippen molar-refractivity contribution >= 4 is 23.6 Å². The van der Waals surface area contributed by atoms with Crippen molar-refractivity contribution < 1.29 is 14.7 Å². The van der Waals surface area contributed by atoms with Crippen LogP contribution in [0, 0.1) is 0 Å². The summed E-state index contributed by atoms with van der Waals surface area (Å²) >= 11 is 1.55. The molecule has 1 aliphatic heterocycles. The summed E-state index contributed by atoms with van der Waals surface area (Å²) in [6, 6.07) is 16.3. The number of carbonyl (C=O) groups excluding carboxylic acids is 2. The van der Waals surface area contributed by atoms with E-state index in [2.05, 4.69) is 17.4 Å². The van der Waals surface area contributed by atoms with Gasteiger partial charge in [-0.1, -0.05) is 54.6 Å². The zero-order chi connectivity index (χ0) is 23.6. The summed E-state index contributed by atoms with van der Waals surface area (Å²) < 4.78 is -0.475. The fourth-order valence-electron chi connectivity index (χ4n) is 4.92. The molecule has 6 nitrogen and oxygen atoms in total. The van der Waals surface area contributed by atoms with Gasteiger partial charge < -0.3 is 21.1 Å². The lowest BCUT2D eigenvalue weighted by atomic mass is 9.87. The van der Waals surface area contributed by atoms with E-state index in [0.29, 0.717) is 12.3 Å². The number of aryl methyl sites for hydroxylation is 1. The van der Waals surface area contributed by atoms with Crippen LogP contribution in [0.15, 0.2) is 54.6 Å². The van der Waals surface area contributed by atoms with E-state index in [4.69, 9.17) is 5.73 Å². The Morgan fingerprint density at radius 2 is 1.88 bits per heavy atom. The van der Waals surface area contributed by atoms with Gasteiger partial charge in [0.05, 0.1) is 11.9 Å². The zero-order valence-electron chi connectivity index (χ0n) is 19.2. The highest BCUT2D eigenvalue weighted by atomic mass is 32.2. The monoisotopic (exact) mass is 467 g/mol. The van der Waals surface area contributed by atoms with E-state index >= 15 is 0 Å². The van der Waals surface area contributed by atoms with Gasteiger partial charge in [0.1, 0.15) is 12.1 Å². The molecule has 33 heavy (non-hydrogen) atoms. The number of hydrogen-bond acceptors (Lipinski definition) is 5. The minimum Gasteiger partial charge on any atom is -0.382 e. The number of nitrogens with one attached hydrogen (secondary N) is 1. The van der Waals surface area contributed by atoms with Crippen molar-refractivity contribution in [2.24, 2.45) is 5.73 Å². The number of carbonyl (C=O) groups is 2. The molecule has 0 spiro atoms. The molecule has 1 heterocycles. The summed E-state index contributed by atoms with van der Waals surface area (Å²) in [5.41, 5.74) is 9.59. The standard InChI is InChI=1S/C26H33N3O3S/c1-26(2)23(24(31)28-21-14-8-12-18-11-6-7-13-19(18)21)29(16-33-26)25(32)22(30)20(27)15-17-9-4-3-5-10-17/h3-7,9-11,13,20-23,30H,8,12,14-16,27H2,1-2H3,(H,28,31). The SMILES string of the molecule is CC1(C)SCN(C(=O)C(O)C(N)Cc2ccccc2)C1C(=O)NC1CCCc2ccccc21. The Labute approximate surface area is 199 Å². The highest BCUT2D eigenvalue weighted by molar-refractivity contribution is 8.00. The van der Waals surface area contributed by atoms with E-state index in [1.54, 1.807) is 11.8 Å². The minimum absolute atomic E-state index is 0.0638. The third-order valence-electron chi connectivity index (χ3n) is 6.74. The number of hydrogen-bond donors (Lipinski definition) is 3. The van der Waals surface area contributed by atoms with Gasteiger partial charge in [-0.15, -0.1) is 11.8 Å². The fourth-order valence-corrected chi connectivity index (χ4v) is 6.06. The molecule has 1 fully saturated rings. The lowest BCUT2D eigenvalue weighted by Gasteiger charge is -2.34. The first kappa shape index (κ1) is 23.8. The van der Waals surface area contributed by atoms with Crippen LogP contribution in [0.4, 0.5) is 0 Å². The quantitative estimate of drug-likeness (QED) is 0.607. The average Bonchev–Trinajstić information content (AvgIpc) is 3.14. The number of rotatable bonds is 6. The van der Waals surface area contributed by atoms with E-state index in [1.807, 2.05) is 56.3 Å². The minimum atomic E-state index is -1.37. The number of nitrogens with zero attached hydrogens (tertiary/aromatic N) is 1. The van der Waals surface area contributed by atoms with Gasteiger partial charge in [0.15, 0.2) is 0 Å². The van der Waals surface area contributed by atoms with E-state index in [1.165, 1.54) is 10.5 Å². The second kappa shape index (κ2) is 9.87. The summed E-state index contributed by atoms with van der Waals surface area (Å²) in [5.74, 6) is -0.315. The maximum absolute atomic E-state index is 13.5. The van der Waals surface area contributed by atoms with E-state index in [9.17, 15) is 14.7 Å². The molecule has 4 rings (SSSR count). The van der Waals surface area contributed by atoms with E-state index in [-0.39, 0.29) is 11.9 Å². The van der Waals surface area contributed by atoms with Crippen LogP contribution in [0.3, 0.4) is 0 Å². The molecule has 1 aliphatic carbocycles. The van der Waals surface area contributed by atoms with Crippen LogP contribution in [-0.4, -0.2) is 50.6 Å². The third-order valence-corrected chi connectivity index (χ3v) is 8.11. The summed E-state index contributed by atoms with van der Waals surface area (Å²) in [5, 5.41) is 14.0. The maximum atomic E-state index is 13.5. The smallest absolute Gasteiger partial charge is 0.254 e. The third kappa shape index (κ3) is 5.10. The number of thioether (sulfide) groups is 1. The predicted octanol–water partition coefficient (Wildman–Crippen LogP) is 2.79.